The van der Waals surface area contributed by atoms with Crippen LogP contribution in [0.1, 0.15) is 248 Å². The quantitative estimate of drug-likeness (QED) is 0.0349. The first kappa shape index (κ1) is 111. The molecule has 3 aliphatic rings. The van der Waals surface area contributed by atoms with Gasteiger partial charge >= 0.3 is 23.6 Å². The minimum absolute atomic E-state index is 0. The molecular formula is C109H145Cl4N21O7. The molecule has 0 saturated carbocycles. The number of carbonyl (C=O) groups excluding carboxylic acids is 3. The van der Waals surface area contributed by atoms with Crippen LogP contribution in [0, 0.1) is 5.41 Å². The number of fused-ring (bicyclic) bond motifs is 2. The number of halogens is 4. The van der Waals surface area contributed by atoms with E-state index < -0.39 is 22.6 Å². The van der Waals surface area contributed by atoms with Gasteiger partial charge < -0.3 is 59.3 Å². The van der Waals surface area contributed by atoms with Crippen molar-refractivity contribution in [2.75, 3.05) is 112 Å². The summed E-state index contributed by atoms with van der Waals surface area (Å²) in [6.07, 6.45) is 5.99. The lowest BCUT2D eigenvalue weighted by molar-refractivity contribution is -0.128. The molecule has 141 heavy (non-hydrogen) atoms. The van der Waals surface area contributed by atoms with E-state index >= 15 is 0 Å². The summed E-state index contributed by atoms with van der Waals surface area (Å²) in [6, 6.07) is 34.5. The van der Waals surface area contributed by atoms with Crippen LogP contribution in [0.15, 0.2) is 150 Å². The maximum atomic E-state index is 14.5. The Balaban J connectivity index is 0.000000206. The van der Waals surface area contributed by atoms with Crippen molar-refractivity contribution >= 4 is 127 Å². The molecule has 0 radical (unpaired) electrons. The normalized spacial score (nSPS) is 16.7. The highest BCUT2D eigenvalue weighted by Crippen LogP contribution is 2.45. The molecule has 0 bridgehead atoms. The van der Waals surface area contributed by atoms with Crippen molar-refractivity contribution in [3.63, 3.8) is 0 Å². The van der Waals surface area contributed by atoms with Crippen molar-refractivity contribution in [2.45, 2.75) is 257 Å². The number of nitrogens with zero attached hydrogens (tertiary/aromatic N) is 19. The average Bonchev–Trinajstić information content (AvgIpc) is 0.730. The Labute approximate surface area is 853 Å². The Hall–Kier alpha value is -12.0. The lowest BCUT2D eigenvalue weighted by atomic mass is 9.95. The number of pyridine rings is 6. The van der Waals surface area contributed by atoms with E-state index in [2.05, 4.69) is 128 Å². The minimum atomic E-state index is -0.611. The number of hydrogen-bond donors (Lipinski definition) is 2. The molecule has 3 aromatic carbocycles. The van der Waals surface area contributed by atoms with E-state index in [1.807, 2.05) is 230 Å². The Bertz CT molecular complexity index is 6440. The fourth-order valence-corrected chi connectivity index (χ4v) is 19.2. The van der Waals surface area contributed by atoms with Crippen LogP contribution in [0.3, 0.4) is 0 Å². The molecule has 28 nitrogen and oxygen atoms in total. The van der Waals surface area contributed by atoms with Gasteiger partial charge in [-0.1, -0.05) is 216 Å². The number of ether oxygens (including phenoxy) is 2. The molecule has 11 heterocycles. The van der Waals surface area contributed by atoms with Gasteiger partial charge in [-0.25, -0.2) is 43.3 Å². The van der Waals surface area contributed by atoms with Crippen LogP contribution < -0.4 is 41.6 Å². The molecule has 0 unspecified atom stereocenters. The predicted molar refractivity (Wildman–Crippen MR) is 582 cm³/mol. The lowest BCUT2D eigenvalue weighted by Gasteiger charge is -2.45. The molecule has 11 aromatic rings. The summed E-state index contributed by atoms with van der Waals surface area (Å²) in [5.41, 5.74) is 20.4. The van der Waals surface area contributed by atoms with Crippen molar-refractivity contribution in [1.29, 1.82) is 5.41 Å². The van der Waals surface area contributed by atoms with Crippen LogP contribution in [0.4, 0.5) is 44.0 Å². The maximum Gasteiger partial charge on any atom is 0.410 e. The second-order valence-electron chi connectivity index (χ2n) is 41.1. The fraction of sp³-hybridized carbons (Fsp3) is 0.468. The van der Waals surface area contributed by atoms with Crippen LogP contribution in [0.2, 0.25) is 20.2 Å². The molecular weight excluding hydrogens is 1860 g/mol. The SMILES string of the molecule is C.C=CC(=O)N1C[C@H](C)N(c2nc(=O)n(-c3c(N(C)C)ccnc3C(C)C)c3nc(-c4ccccc4C(C)C)c(Cl)cc23)C[C@H]1C.CC(C)c1ccccc1-c1nc(Cl)c(C(=N)N2C[C@@H](C)N(C(=O)OC(C)(C)C)C[C@@H]2C)cc1Cl.CC(C)c1ccccc1-c1nc2c(cc1Cl)c(N1C[C@@H](C)N(C(=O)OC(C)(C)C)C[C@@H]1C)nc(=O)n2-c1c(N(C)C)ccnc1C(C)C.CC(C)c1nccc(N(C)C)c1N. The molecule has 8 aromatic heterocycles. The summed E-state index contributed by atoms with van der Waals surface area (Å²) < 4.78 is 14.5. The van der Waals surface area contributed by atoms with Crippen molar-refractivity contribution in [2.24, 2.45) is 0 Å². The Morgan fingerprint density at radius 3 is 1.12 bits per heavy atom. The monoisotopic (exact) mass is 2000 g/mol. The third kappa shape index (κ3) is 24.7. The molecule has 3 aliphatic heterocycles. The van der Waals surface area contributed by atoms with Crippen LogP contribution in [0.25, 0.3) is 67.2 Å². The molecule has 3 N–H and O–H groups in total. The summed E-state index contributed by atoms with van der Waals surface area (Å²) in [4.78, 5) is 123. The zero-order valence-electron chi connectivity index (χ0n) is 87.0. The number of benzene rings is 3. The number of nitrogens with one attached hydrogen (secondary N) is 1. The number of piperazine rings is 3. The van der Waals surface area contributed by atoms with Gasteiger partial charge in [-0.05, 0) is 178 Å². The number of hydrogen-bond acceptors (Lipinski definition) is 22. The lowest BCUT2D eigenvalue weighted by Crippen LogP contribution is -2.60. The molecule has 0 spiro atoms. The van der Waals surface area contributed by atoms with Gasteiger partial charge in [0.1, 0.15) is 33.8 Å². The van der Waals surface area contributed by atoms with Crippen LogP contribution in [-0.4, -0.2) is 222 Å². The molecule has 0 aliphatic carbocycles. The Morgan fingerprint density at radius 1 is 0.440 bits per heavy atom. The second-order valence-corrected chi connectivity index (χ2v) is 42.7. The molecule has 14 rings (SSSR count). The Kier molecular flexibility index (Phi) is 36.2. The van der Waals surface area contributed by atoms with E-state index in [0.29, 0.717) is 134 Å². The summed E-state index contributed by atoms with van der Waals surface area (Å²) in [7, 11) is 11.7. The molecule has 3 saturated heterocycles. The third-order valence-corrected chi connectivity index (χ3v) is 26.4. The molecule has 756 valence electrons. The number of nitrogens with two attached hydrogens (primary N) is 1. The standard InChI is InChI=1S/C37H48ClN7O3.C35H42ClN7O2.C26H34Cl2N4O2.C10H17N3.CH4/c1-21(2)25-14-12-13-15-26(25)31-28(38)18-27-33(43-19-24(6)44(20-23(43)5)36(47)48-37(7,8)9)41-35(46)45(34(27)40-31)32-29(42(10)11)16-17-39-30(32)22(3)4;1-10-29(44)41-18-23(7)42(19-22(41)6)33-26-17-27(36)31(25-14-12-11-13-24(25)20(2)3)38-34(26)43(35(45)39-33)32-28(40(8)9)15-16-37-30(32)21(4)5;1-15(2)18-10-8-9-11-19(18)22-21(27)12-20(23(28)30-22)24(29)31-13-17(4)32(14-16(31)3)25(33)34-26(5,6)7;1-7(2)10-9(11)8(13(3)4)5-6-12-10;/h12-18,21-24H,19-20H2,1-11H3;10-17,20-23H,1,18-19H2,2-9H3;8-12,15-17,29H,13-14H2,1-7H3;5-7H,11H2,1-4H3;1H4/t23-,24+;22-,23+;16-,17+;;/m010../s1. The van der Waals surface area contributed by atoms with Crippen molar-refractivity contribution in [1.82, 2.24) is 68.6 Å². The maximum absolute atomic E-state index is 14.5. The first-order valence-electron chi connectivity index (χ1n) is 48.1. The van der Waals surface area contributed by atoms with Gasteiger partial charge in [0.2, 0.25) is 5.91 Å². The van der Waals surface area contributed by atoms with E-state index in [1.165, 1.54) is 6.08 Å². The van der Waals surface area contributed by atoms with Gasteiger partial charge in [-0.2, -0.15) is 9.97 Å². The van der Waals surface area contributed by atoms with Gasteiger partial charge in [0.15, 0.2) is 11.3 Å². The van der Waals surface area contributed by atoms with Crippen molar-refractivity contribution in [3.8, 4) is 45.1 Å². The van der Waals surface area contributed by atoms with Crippen LogP contribution >= 0.6 is 46.4 Å². The molecule has 32 heteroatoms. The summed E-state index contributed by atoms with van der Waals surface area (Å²) in [6.45, 7) is 54.7. The van der Waals surface area contributed by atoms with Gasteiger partial charge in [-0.15, -0.1) is 0 Å². The predicted octanol–water partition coefficient (Wildman–Crippen LogP) is 23.4. The number of rotatable bonds is 18. The first-order chi connectivity index (χ1) is 65.7. The average molecular weight is 2000 g/mol. The topological polar surface area (TPSA) is 296 Å². The van der Waals surface area contributed by atoms with E-state index in [4.69, 9.17) is 96.9 Å². The van der Waals surface area contributed by atoms with Crippen molar-refractivity contribution in [3.05, 3.63) is 221 Å². The zero-order chi connectivity index (χ0) is 103. The van der Waals surface area contributed by atoms with Gasteiger partial charge in [0, 0.05) is 153 Å². The number of anilines is 6. The number of nitrogen functional groups attached to an aromatic ring is 1. The van der Waals surface area contributed by atoms with Crippen LogP contribution in [0.5, 0.6) is 0 Å². The third-order valence-electron chi connectivity index (χ3n) is 25.2. The summed E-state index contributed by atoms with van der Waals surface area (Å²) in [5, 5.41) is 11.8. The van der Waals surface area contributed by atoms with E-state index in [1.54, 1.807) is 48.5 Å². The number of amidine groups is 1. The molecule has 6 atom stereocenters. The van der Waals surface area contributed by atoms with Crippen LogP contribution in [-0.2, 0) is 14.3 Å². The van der Waals surface area contributed by atoms with Gasteiger partial charge in [0.25, 0.3) is 0 Å². The molecule has 3 amide bonds. The highest BCUT2D eigenvalue weighted by molar-refractivity contribution is 6.37. The highest BCUT2D eigenvalue weighted by atomic mass is 35.5. The van der Waals surface area contributed by atoms with E-state index in [-0.39, 0.29) is 96.4 Å². The number of carbonyl (C=O) groups is 3. The fourth-order valence-electron chi connectivity index (χ4n) is 18.2. The van der Waals surface area contributed by atoms with E-state index in [0.717, 1.165) is 73.2 Å². The molecule has 3 fully saturated rings. The second kappa shape index (κ2) is 45.9. The minimum Gasteiger partial charge on any atom is -0.444 e. The smallest absolute Gasteiger partial charge is 0.410 e. The van der Waals surface area contributed by atoms with Gasteiger partial charge in [0.05, 0.1) is 99.7 Å². The summed E-state index contributed by atoms with van der Waals surface area (Å²) >= 11 is 27.5. The number of aromatic nitrogens is 10. The zero-order valence-corrected chi connectivity index (χ0v) is 90.0. The highest BCUT2D eigenvalue weighted by Gasteiger charge is 2.41. The van der Waals surface area contributed by atoms with E-state index in [9.17, 15) is 24.0 Å². The number of amides is 3. The largest absolute Gasteiger partial charge is 0.444 e. The Morgan fingerprint density at radius 2 is 0.759 bits per heavy atom. The summed E-state index contributed by atoms with van der Waals surface area (Å²) in [5.74, 6) is 2.26. The van der Waals surface area contributed by atoms with Crippen molar-refractivity contribution < 1.29 is 23.9 Å². The van der Waals surface area contributed by atoms with Gasteiger partial charge in [-0.3, -0.25) is 25.2 Å². The first-order valence-corrected chi connectivity index (χ1v) is 49.7.